The maximum absolute atomic E-state index is 9.07. The van der Waals surface area contributed by atoms with Gasteiger partial charge in [-0.25, -0.2) is 0 Å². The summed E-state index contributed by atoms with van der Waals surface area (Å²) in [5.41, 5.74) is 1.27. The maximum atomic E-state index is 9.07. The summed E-state index contributed by atoms with van der Waals surface area (Å²) in [6.45, 7) is 0. The minimum absolute atomic E-state index is 0.331. The lowest BCUT2D eigenvalue weighted by Crippen LogP contribution is -2.31. The zero-order valence-corrected chi connectivity index (χ0v) is 8.82. The van der Waals surface area contributed by atoms with E-state index in [4.69, 9.17) is 14.8 Å². The molecule has 0 radical (unpaired) electrons. The van der Waals surface area contributed by atoms with Crippen molar-refractivity contribution >= 4 is 24.5 Å². The second-order valence-electron chi connectivity index (χ2n) is 3.94. The first-order chi connectivity index (χ1) is 8.21. The Bertz CT molecular complexity index is 540. The van der Waals surface area contributed by atoms with Gasteiger partial charge in [-0.15, -0.1) is 0 Å². The van der Waals surface area contributed by atoms with Gasteiger partial charge in [0.2, 0.25) is 0 Å². The van der Waals surface area contributed by atoms with E-state index in [0.717, 1.165) is 5.69 Å². The van der Waals surface area contributed by atoms with Crippen molar-refractivity contribution in [2.24, 2.45) is 4.99 Å². The van der Waals surface area contributed by atoms with Crippen LogP contribution in [0.25, 0.3) is 0 Å². The smallest absolute Gasteiger partial charge is 0.473 e. The van der Waals surface area contributed by atoms with Crippen LogP contribution in [-0.4, -0.2) is 28.4 Å². The van der Waals surface area contributed by atoms with Gasteiger partial charge >= 0.3 is 7.12 Å². The molecule has 2 N–H and O–H groups in total. The molecule has 17 heavy (non-hydrogen) atoms. The van der Waals surface area contributed by atoms with Crippen molar-refractivity contribution in [3.8, 4) is 0 Å². The van der Waals surface area contributed by atoms with E-state index in [9.17, 15) is 0 Å². The lowest BCUT2D eigenvalue weighted by molar-refractivity contribution is 0.386. The van der Waals surface area contributed by atoms with Crippen LogP contribution in [0.2, 0.25) is 0 Å². The molecule has 3 heterocycles. The van der Waals surface area contributed by atoms with E-state index in [0.29, 0.717) is 11.2 Å². The molecule has 6 heteroatoms. The number of nitrogens with zero attached hydrogens (tertiary/aromatic N) is 2. The van der Waals surface area contributed by atoms with Gasteiger partial charge in [0.15, 0.2) is 0 Å². The molecule has 0 amide bonds. The van der Waals surface area contributed by atoms with Crippen molar-refractivity contribution in [3.63, 3.8) is 0 Å². The van der Waals surface area contributed by atoms with Gasteiger partial charge in [0.25, 0.3) is 0 Å². The summed E-state index contributed by atoms with van der Waals surface area (Å²) in [5, 5.41) is 18.1. The molecule has 5 nitrogen and oxygen atoms in total. The molecule has 0 bridgehead atoms. The fourth-order valence-corrected chi connectivity index (χ4v) is 1.93. The van der Waals surface area contributed by atoms with Crippen LogP contribution in [0.1, 0.15) is 5.69 Å². The minimum Gasteiger partial charge on any atom is -0.473 e. The van der Waals surface area contributed by atoms with Gasteiger partial charge in [0, 0.05) is 17.9 Å². The fourth-order valence-electron chi connectivity index (χ4n) is 1.93. The van der Waals surface area contributed by atoms with E-state index in [1.807, 2.05) is 12.2 Å². The van der Waals surface area contributed by atoms with Gasteiger partial charge in [-0.2, -0.15) is 0 Å². The molecule has 3 rings (SSSR count). The van der Waals surface area contributed by atoms with Crippen molar-refractivity contribution in [2.75, 3.05) is 0 Å². The van der Waals surface area contributed by atoms with Gasteiger partial charge in [-0.3, -0.25) is 9.98 Å². The van der Waals surface area contributed by atoms with Crippen LogP contribution in [0.15, 0.2) is 41.9 Å². The first-order valence-corrected chi connectivity index (χ1v) is 5.14. The topological polar surface area (TPSA) is 74.9 Å². The molecule has 84 valence electrons. The molecule has 1 aromatic rings. The van der Waals surface area contributed by atoms with Crippen molar-refractivity contribution in [1.29, 1.82) is 0 Å². The van der Waals surface area contributed by atoms with Crippen molar-refractivity contribution < 1.29 is 14.8 Å². The van der Waals surface area contributed by atoms with E-state index in [-0.39, 0.29) is 0 Å². The standard InChI is InChI=1S/C11H9BN2O3/c15-12(16)8-5-9-10(13-6-8)11(7-14-9)1-3-17-4-2-11/h1-7,15-16H. The van der Waals surface area contributed by atoms with Gasteiger partial charge in [-0.05, 0) is 18.2 Å². The van der Waals surface area contributed by atoms with E-state index >= 15 is 0 Å². The first kappa shape index (κ1) is 10.3. The highest BCUT2D eigenvalue weighted by atomic mass is 16.5. The Morgan fingerprint density at radius 2 is 2.00 bits per heavy atom. The summed E-state index contributed by atoms with van der Waals surface area (Å²) in [6, 6.07) is 1.62. The normalized spacial score (nSPS) is 18.2. The van der Waals surface area contributed by atoms with Crippen LogP contribution >= 0.6 is 0 Å². The van der Waals surface area contributed by atoms with Crippen LogP contribution in [0.3, 0.4) is 0 Å². The molecule has 0 atom stereocenters. The molecular formula is C11H9BN2O3. The molecule has 0 unspecified atom stereocenters. The molecule has 2 aliphatic heterocycles. The third-order valence-electron chi connectivity index (χ3n) is 2.86. The Hall–Kier alpha value is -1.92. The zero-order chi connectivity index (χ0) is 11.9. The Labute approximate surface area is 97.9 Å². The Balaban J connectivity index is 2.10. The number of pyridine rings is 1. The number of rotatable bonds is 1. The SMILES string of the molecule is OB(O)c1cnc2c(c1)N=CC21C=COC=C1. The summed E-state index contributed by atoms with van der Waals surface area (Å²) in [4.78, 5) is 8.51. The van der Waals surface area contributed by atoms with E-state index < -0.39 is 12.5 Å². The summed E-state index contributed by atoms with van der Waals surface area (Å²) in [7, 11) is -1.53. The van der Waals surface area contributed by atoms with Gasteiger partial charge in [0.1, 0.15) is 0 Å². The maximum Gasteiger partial charge on any atom is 0.490 e. The minimum atomic E-state index is -1.53. The largest absolute Gasteiger partial charge is 0.490 e. The predicted molar refractivity (Wildman–Crippen MR) is 63.3 cm³/mol. The quantitative estimate of drug-likeness (QED) is 0.651. The number of fused-ring (bicyclic) bond motifs is 2. The number of aliphatic imine (C=N–C) groups is 1. The van der Waals surface area contributed by atoms with Gasteiger partial charge in [0.05, 0.1) is 29.3 Å². The van der Waals surface area contributed by atoms with Crippen molar-refractivity contribution in [1.82, 2.24) is 4.98 Å². The Morgan fingerprint density at radius 1 is 1.24 bits per heavy atom. The van der Waals surface area contributed by atoms with Crippen LogP contribution in [-0.2, 0) is 10.2 Å². The highest BCUT2D eigenvalue weighted by molar-refractivity contribution is 6.58. The van der Waals surface area contributed by atoms with Crippen LogP contribution in [0.4, 0.5) is 5.69 Å². The molecule has 1 aromatic heterocycles. The molecule has 1 spiro atoms. The summed E-state index contributed by atoms with van der Waals surface area (Å²) >= 11 is 0. The first-order valence-electron chi connectivity index (χ1n) is 5.14. The van der Waals surface area contributed by atoms with Crippen LogP contribution in [0, 0.1) is 0 Å². The fraction of sp³-hybridized carbons (Fsp3) is 0.0909. The summed E-state index contributed by atoms with van der Waals surface area (Å²) in [6.07, 6.45) is 10.1. The third-order valence-corrected chi connectivity index (χ3v) is 2.86. The summed E-state index contributed by atoms with van der Waals surface area (Å²) in [5.74, 6) is 0. The van der Waals surface area contributed by atoms with Crippen LogP contribution < -0.4 is 5.46 Å². The number of hydrogen-bond acceptors (Lipinski definition) is 5. The van der Waals surface area contributed by atoms with Crippen molar-refractivity contribution in [2.45, 2.75) is 5.41 Å². The number of ether oxygens (including phenoxy) is 1. The monoisotopic (exact) mass is 228 g/mol. The highest BCUT2D eigenvalue weighted by Crippen LogP contribution is 2.38. The number of allylic oxidation sites excluding steroid dienone is 2. The lowest BCUT2D eigenvalue weighted by atomic mass is 9.79. The second-order valence-corrected chi connectivity index (χ2v) is 3.94. The molecule has 0 saturated carbocycles. The van der Waals surface area contributed by atoms with Gasteiger partial charge < -0.3 is 14.8 Å². The Morgan fingerprint density at radius 3 is 2.71 bits per heavy atom. The third kappa shape index (κ3) is 1.50. The average molecular weight is 228 g/mol. The highest BCUT2D eigenvalue weighted by Gasteiger charge is 2.35. The zero-order valence-electron chi connectivity index (χ0n) is 8.82. The predicted octanol–water partition coefficient (Wildman–Crippen LogP) is -0.227. The van der Waals surface area contributed by atoms with Crippen LogP contribution in [0.5, 0.6) is 0 Å². The second kappa shape index (κ2) is 3.54. The van der Waals surface area contributed by atoms with E-state index in [1.54, 1.807) is 24.8 Å². The average Bonchev–Trinajstić information content (AvgIpc) is 2.69. The number of hydrogen-bond donors (Lipinski definition) is 2. The molecule has 0 saturated heterocycles. The number of aromatic nitrogens is 1. The molecule has 0 aromatic carbocycles. The Kier molecular flexibility index (Phi) is 2.14. The van der Waals surface area contributed by atoms with E-state index in [1.165, 1.54) is 6.20 Å². The van der Waals surface area contributed by atoms with E-state index in [2.05, 4.69) is 9.98 Å². The lowest BCUT2D eigenvalue weighted by Gasteiger charge is -2.20. The molecular weight excluding hydrogens is 219 g/mol. The molecule has 0 fully saturated rings. The summed E-state index contributed by atoms with van der Waals surface area (Å²) < 4.78 is 5.00. The molecule has 2 aliphatic rings. The van der Waals surface area contributed by atoms with Gasteiger partial charge in [-0.1, -0.05) is 0 Å². The van der Waals surface area contributed by atoms with Crippen molar-refractivity contribution in [3.05, 3.63) is 42.6 Å². The molecule has 0 aliphatic carbocycles.